The Kier molecular flexibility index (Phi) is 4.91. The van der Waals surface area contributed by atoms with Gasteiger partial charge in [-0.3, -0.25) is 0 Å². The molecule has 1 unspecified atom stereocenters. The maximum Gasteiger partial charge on any atom is 0.389 e. The molecule has 0 radical (unpaired) electrons. The molecule has 1 aromatic rings. The Morgan fingerprint density at radius 3 is 2.70 bits per heavy atom. The van der Waals surface area contributed by atoms with E-state index >= 15 is 0 Å². The second-order valence-corrected chi connectivity index (χ2v) is 5.38. The highest BCUT2D eigenvalue weighted by atomic mass is 19.4. The largest absolute Gasteiger partial charge is 0.396 e. The van der Waals surface area contributed by atoms with Gasteiger partial charge in [0.25, 0.3) is 0 Å². The molecule has 0 bridgehead atoms. The van der Waals surface area contributed by atoms with E-state index < -0.39 is 12.6 Å². The molecule has 2 nitrogen and oxygen atoms in total. The number of aliphatic hydroxyl groups excluding tert-OH is 1. The smallest absolute Gasteiger partial charge is 0.389 e. The summed E-state index contributed by atoms with van der Waals surface area (Å²) in [5.41, 5.74) is 1.62. The lowest BCUT2D eigenvalue weighted by molar-refractivity contribution is -0.133. The van der Waals surface area contributed by atoms with Crippen molar-refractivity contribution in [3.63, 3.8) is 0 Å². The van der Waals surface area contributed by atoms with Crippen LogP contribution in [0.4, 0.5) is 18.9 Å². The van der Waals surface area contributed by atoms with Gasteiger partial charge in [-0.25, -0.2) is 0 Å². The first-order valence-electron chi connectivity index (χ1n) is 7.00. The topological polar surface area (TPSA) is 23.5 Å². The first-order valence-corrected chi connectivity index (χ1v) is 7.00. The normalized spacial score (nSPS) is 20.2. The Hall–Kier alpha value is -1.23. The van der Waals surface area contributed by atoms with Gasteiger partial charge in [-0.1, -0.05) is 18.2 Å². The third-order valence-electron chi connectivity index (χ3n) is 3.79. The Balaban J connectivity index is 2.10. The predicted octanol–water partition coefficient (Wildman–Crippen LogP) is 3.39. The molecule has 2 rings (SSSR count). The molecule has 0 aliphatic carbocycles. The molecular weight excluding hydrogens is 267 g/mol. The molecule has 112 valence electrons. The maximum absolute atomic E-state index is 12.4. The van der Waals surface area contributed by atoms with Crippen molar-refractivity contribution < 1.29 is 18.3 Å². The van der Waals surface area contributed by atoms with E-state index in [9.17, 15) is 18.3 Å². The monoisotopic (exact) mass is 287 g/mol. The standard InChI is InChI=1S/C15H20F3NO/c16-15(17,18)8-7-13-5-1-2-6-14(13)19-9-3-4-12(10-19)11-20/h1-2,5-6,12,20H,3-4,7-11H2. The van der Waals surface area contributed by atoms with Crippen LogP contribution in [0.5, 0.6) is 0 Å². The number of piperidine rings is 1. The third kappa shape index (κ3) is 4.13. The molecule has 0 saturated carbocycles. The van der Waals surface area contributed by atoms with Crippen molar-refractivity contribution in [1.82, 2.24) is 0 Å². The zero-order valence-electron chi connectivity index (χ0n) is 11.4. The Bertz CT molecular complexity index is 433. The quantitative estimate of drug-likeness (QED) is 0.917. The van der Waals surface area contributed by atoms with Crippen molar-refractivity contribution in [2.45, 2.75) is 31.9 Å². The third-order valence-corrected chi connectivity index (χ3v) is 3.79. The fourth-order valence-corrected chi connectivity index (χ4v) is 2.74. The van der Waals surface area contributed by atoms with Crippen LogP contribution in [0.2, 0.25) is 0 Å². The van der Waals surface area contributed by atoms with Gasteiger partial charge in [0.15, 0.2) is 0 Å². The van der Waals surface area contributed by atoms with Gasteiger partial charge in [0, 0.05) is 31.8 Å². The van der Waals surface area contributed by atoms with E-state index in [1.807, 2.05) is 12.1 Å². The van der Waals surface area contributed by atoms with Crippen LogP contribution >= 0.6 is 0 Å². The summed E-state index contributed by atoms with van der Waals surface area (Å²) < 4.78 is 37.2. The number of halogens is 3. The van der Waals surface area contributed by atoms with Crippen LogP contribution in [-0.4, -0.2) is 31.0 Å². The van der Waals surface area contributed by atoms with E-state index in [1.54, 1.807) is 12.1 Å². The molecule has 1 atom stereocenters. The van der Waals surface area contributed by atoms with Gasteiger partial charge in [-0.15, -0.1) is 0 Å². The molecular formula is C15H20F3NO. The van der Waals surface area contributed by atoms with Gasteiger partial charge in [0.05, 0.1) is 0 Å². The molecule has 1 aliphatic rings. The summed E-state index contributed by atoms with van der Waals surface area (Å²) >= 11 is 0. The average molecular weight is 287 g/mol. The minimum Gasteiger partial charge on any atom is -0.396 e. The summed E-state index contributed by atoms with van der Waals surface area (Å²) in [7, 11) is 0. The number of anilines is 1. The van der Waals surface area contributed by atoms with E-state index in [2.05, 4.69) is 4.90 Å². The van der Waals surface area contributed by atoms with Gasteiger partial charge in [-0.05, 0) is 36.8 Å². The summed E-state index contributed by atoms with van der Waals surface area (Å²) in [4.78, 5) is 2.11. The molecule has 1 N–H and O–H groups in total. The summed E-state index contributed by atoms with van der Waals surface area (Å²) in [5, 5.41) is 9.26. The average Bonchev–Trinajstić information content (AvgIpc) is 2.45. The van der Waals surface area contributed by atoms with Crippen LogP contribution in [0.1, 0.15) is 24.8 Å². The lowest BCUT2D eigenvalue weighted by Crippen LogP contribution is -2.37. The van der Waals surface area contributed by atoms with Crippen LogP contribution in [0.25, 0.3) is 0 Å². The zero-order chi connectivity index (χ0) is 14.6. The minimum atomic E-state index is -4.12. The second kappa shape index (κ2) is 6.48. The number of aryl methyl sites for hydroxylation is 1. The number of para-hydroxylation sites is 1. The molecule has 0 spiro atoms. The molecule has 1 aliphatic heterocycles. The van der Waals surface area contributed by atoms with Gasteiger partial charge in [0.2, 0.25) is 0 Å². The first-order chi connectivity index (χ1) is 9.49. The summed E-state index contributed by atoms with van der Waals surface area (Å²) in [6, 6.07) is 7.28. The first kappa shape index (κ1) is 15.2. The number of alkyl halides is 3. The van der Waals surface area contributed by atoms with Crippen LogP contribution in [0.15, 0.2) is 24.3 Å². The number of benzene rings is 1. The van der Waals surface area contributed by atoms with Gasteiger partial charge < -0.3 is 10.0 Å². The van der Waals surface area contributed by atoms with Crippen molar-refractivity contribution in [3.05, 3.63) is 29.8 Å². The lowest BCUT2D eigenvalue weighted by Gasteiger charge is -2.35. The summed E-state index contributed by atoms with van der Waals surface area (Å²) in [5.74, 6) is 0.222. The number of rotatable bonds is 4. The van der Waals surface area contributed by atoms with Gasteiger partial charge >= 0.3 is 6.18 Å². The molecule has 0 aromatic heterocycles. The summed E-state index contributed by atoms with van der Waals surface area (Å²) in [6.45, 7) is 1.71. The van der Waals surface area contributed by atoms with Gasteiger partial charge in [0.1, 0.15) is 0 Å². The number of hydrogen-bond acceptors (Lipinski definition) is 2. The summed E-state index contributed by atoms with van der Waals surface area (Å²) in [6.07, 6.45) is -2.94. The molecule has 1 aromatic carbocycles. The van der Waals surface area contributed by atoms with Crippen LogP contribution in [0.3, 0.4) is 0 Å². The molecule has 1 fully saturated rings. The predicted molar refractivity (Wildman–Crippen MR) is 72.8 cm³/mol. The Morgan fingerprint density at radius 1 is 1.25 bits per heavy atom. The molecule has 5 heteroatoms. The lowest BCUT2D eigenvalue weighted by atomic mass is 9.97. The van der Waals surface area contributed by atoms with Crippen molar-refractivity contribution in [2.75, 3.05) is 24.6 Å². The van der Waals surface area contributed by atoms with E-state index in [-0.39, 0.29) is 18.9 Å². The van der Waals surface area contributed by atoms with E-state index in [0.29, 0.717) is 0 Å². The number of nitrogens with zero attached hydrogens (tertiary/aromatic N) is 1. The van der Waals surface area contributed by atoms with Crippen molar-refractivity contribution in [2.24, 2.45) is 5.92 Å². The van der Waals surface area contributed by atoms with Crippen LogP contribution in [-0.2, 0) is 6.42 Å². The highest BCUT2D eigenvalue weighted by Crippen LogP contribution is 2.29. The fraction of sp³-hybridized carbons (Fsp3) is 0.600. The van der Waals surface area contributed by atoms with Crippen LogP contribution in [0, 0.1) is 5.92 Å². The van der Waals surface area contributed by atoms with Crippen molar-refractivity contribution >= 4 is 5.69 Å². The molecule has 1 heterocycles. The van der Waals surface area contributed by atoms with E-state index in [4.69, 9.17) is 0 Å². The van der Waals surface area contributed by atoms with E-state index in [0.717, 1.165) is 37.2 Å². The molecule has 0 amide bonds. The van der Waals surface area contributed by atoms with Crippen molar-refractivity contribution in [3.8, 4) is 0 Å². The fourth-order valence-electron chi connectivity index (χ4n) is 2.74. The van der Waals surface area contributed by atoms with Gasteiger partial charge in [-0.2, -0.15) is 13.2 Å². The highest BCUT2D eigenvalue weighted by molar-refractivity contribution is 5.54. The second-order valence-electron chi connectivity index (χ2n) is 5.38. The Labute approximate surface area is 117 Å². The Morgan fingerprint density at radius 2 is 2.00 bits per heavy atom. The minimum absolute atomic E-state index is 0.0139. The molecule has 1 saturated heterocycles. The molecule has 20 heavy (non-hydrogen) atoms. The highest BCUT2D eigenvalue weighted by Gasteiger charge is 2.28. The van der Waals surface area contributed by atoms with Crippen molar-refractivity contribution in [1.29, 1.82) is 0 Å². The van der Waals surface area contributed by atoms with E-state index in [1.165, 1.54) is 0 Å². The zero-order valence-corrected chi connectivity index (χ0v) is 11.4. The van der Waals surface area contributed by atoms with Crippen LogP contribution < -0.4 is 4.90 Å². The number of hydrogen-bond donors (Lipinski definition) is 1. The maximum atomic E-state index is 12.4. The SMILES string of the molecule is OCC1CCCN(c2ccccc2CCC(F)(F)F)C1. The number of aliphatic hydroxyl groups is 1.